The number of ether oxygens (including phenoxy) is 1. The van der Waals surface area contributed by atoms with Crippen LogP contribution < -0.4 is 10.2 Å². The third-order valence-corrected chi connectivity index (χ3v) is 4.87. The molecule has 0 radical (unpaired) electrons. The highest BCUT2D eigenvalue weighted by atomic mass is 79.9. The van der Waals surface area contributed by atoms with Gasteiger partial charge in [0.2, 0.25) is 0 Å². The van der Waals surface area contributed by atoms with E-state index in [1.807, 2.05) is 24.3 Å². The molecular weight excluding hydrogens is 464 g/mol. The largest absolute Gasteiger partial charge is 0.507 e. The molecule has 0 unspecified atom stereocenters. The first kappa shape index (κ1) is 20.5. The van der Waals surface area contributed by atoms with E-state index in [1.165, 1.54) is 17.8 Å². The average molecular weight is 484 g/mol. The van der Waals surface area contributed by atoms with Crippen LogP contribution in [0, 0.1) is 0 Å². The third-order valence-electron chi connectivity index (χ3n) is 3.55. The monoisotopic (exact) mass is 482 g/mol. The zero-order valence-electron chi connectivity index (χ0n) is 14.7. The van der Waals surface area contributed by atoms with Crippen LogP contribution in [0.5, 0.6) is 11.5 Å². The molecule has 0 aromatic heterocycles. The fourth-order valence-corrected chi connectivity index (χ4v) is 3.16. The number of hydrazone groups is 1. The van der Waals surface area contributed by atoms with Gasteiger partial charge >= 0.3 is 0 Å². The first-order valence-corrected chi connectivity index (χ1v) is 9.48. The van der Waals surface area contributed by atoms with Gasteiger partial charge in [0.1, 0.15) is 11.5 Å². The number of aromatic hydroxyl groups is 1. The third kappa shape index (κ3) is 5.85. The molecule has 26 heavy (non-hydrogen) atoms. The van der Waals surface area contributed by atoms with Crippen LogP contribution in [0.2, 0.25) is 0 Å². The maximum absolute atomic E-state index is 11.8. The minimum Gasteiger partial charge on any atom is -0.507 e. The average Bonchev–Trinajstić information content (AvgIpc) is 2.57. The van der Waals surface area contributed by atoms with Crippen LogP contribution in [0.3, 0.4) is 0 Å². The minimum atomic E-state index is -0.376. The smallest absolute Gasteiger partial charge is 0.277 e. The lowest BCUT2D eigenvalue weighted by Gasteiger charge is -2.19. The van der Waals surface area contributed by atoms with E-state index in [2.05, 4.69) is 63.2 Å². The molecular formula is C19H20Br2N2O3. The van der Waals surface area contributed by atoms with Crippen molar-refractivity contribution >= 4 is 44.0 Å². The van der Waals surface area contributed by atoms with E-state index in [1.54, 1.807) is 6.07 Å². The molecule has 7 heteroatoms. The summed E-state index contributed by atoms with van der Waals surface area (Å²) in [7, 11) is 0. The molecule has 1 amide bonds. The highest BCUT2D eigenvalue weighted by Gasteiger charge is 2.13. The van der Waals surface area contributed by atoms with E-state index in [9.17, 15) is 9.90 Å². The van der Waals surface area contributed by atoms with Crippen LogP contribution >= 0.6 is 31.9 Å². The molecule has 2 rings (SSSR count). The van der Waals surface area contributed by atoms with Crippen LogP contribution in [0.15, 0.2) is 50.4 Å². The molecule has 0 aliphatic rings. The lowest BCUT2D eigenvalue weighted by atomic mass is 9.87. The molecule has 0 bridgehead atoms. The van der Waals surface area contributed by atoms with Crippen molar-refractivity contribution in [1.29, 1.82) is 0 Å². The van der Waals surface area contributed by atoms with E-state index < -0.39 is 0 Å². The second-order valence-corrected chi connectivity index (χ2v) is 8.39. The SMILES string of the molecule is CC(C)(C)c1ccc(OCC(=O)NN=Cc2cc(O)c(Br)cc2Br)cc1. The Morgan fingerprint density at radius 1 is 1.19 bits per heavy atom. The second kappa shape index (κ2) is 8.68. The number of benzene rings is 2. The highest BCUT2D eigenvalue weighted by Crippen LogP contribution is 2.29. The number of hydrogen-bond acceptors (Lipinski definition) is 4. The van der Waals surface area contributed by atoms with Gasteiger partial charge in [-0.1, -0.05) is 48.8 Å². The van der Waals surface area contributed by atoms with Crippen molar-refractivity contribution in [2.45, 2.75) is 26.2 Å². The summed E-state index contributed by atoms with van der Waals surface area (Å²) in [5, 5.41) is 13.5. The standard InChI is InChI=1S/C19H20Br2N2O3/c1-19(2,3)13-4-6-14(7-5-13)26-11-18(25)23-22-10-12-8-17(24)16(21)9-15(12)20/h4-10,24H,11H2,1-3H3,(H,23,25). The first-order valence-electron chi connectivity index (χ1n) is 7.90. The number of rotatable bonds is 5. The molecule has 2 aromatic rings. The molecule has 0 fully saturated rings. The van der Waals surface area contributed by atoms with E-state index >= 15 is 0 Å². The van der Waals surface area contributed by atoms with Crippen molar-refractivity contribution in [1.82, 2.24) is 5.43 Å². The molecule has 138 valence electrons. The highest BCUT2D eigenvalue weighted by molar-refractivity contribution is 9.11. The number of phenolic OH excluding ortho intramolecular Hbond substituents is 1. The normalized spacial score (nSPS) is 11.6. The second-order valence-electron chi connectivity index (χ2n) is 6.68. The summed E-state index contributed by atoms with van der Waals surface area (Å²) in [6.07, 6.45) is 1.44. The van der Waals surface area contributed by atoms with Crippen LogP contribution in [0.1, 0.15) is 31.9 Å². The van der Waals surface area contributed by atoms with Crippen LogP contribution in [0.4, 0.5) is 0 Å². The van der Waals surface area contributed by atoms with Gasteiger partial charge in [0.05, 0.1) is 10.7 Å². The Bertz CT molecular complexity index is 813. The number of carbonyl (C=O) groups is 1. The van der Waals surface area contributed by atoms with Gasteiger partial charge in [-0.15, -0.1) is 0 Å². The Balaban J connectivity index is 1.87. The predicted octanol–water partition coefficient (Wildman–Crippen LogP) is 4.74. The summed E-state index contributed by atoms with van der Waals surface area (Å²) in [4.78, 5) is 11.8. The lowest BCUT2D eigenvalue weighted by molar-refractivity contribution is -0.123. The van der Waals surface area contributed by atoms with Gasteiger partial charge in [0.25, 0.3) is 5.91 Å². The van der Waals surface area contributed by atoms with Gasteiger partial charge in [-0.25, -0.2) is 5.43 Å². The number of carbonyl (C=O) groups excluding carboxylic acids is 1. The van der Waals surface area contributed by atoms with Crippen molar-refractivity contribution < 1.29 is 14.6 Å². The first-order chi connectivity index (χ1) is 12.2. The number of phenols is 1. The van der Waals surface area contributed by atoms with Gasteiger partial charge in [0, 0.05) is 10.0 Å². The molecule has 2 N–H and O–H groups in total. The molecule has 0 aliphatic heterocycles. The van der Waals surface area contributed by atoms with E-state index in [0.717, 1.165) is 4.47 Å². The van der Waals surface area contributed by atoms with Crippen molar-refractivity contribution in [2.24, 2.45) is 5.10 Å². The molecule has 0 saturated carbocycles. The Morgan fingerprint density at radius 2 is 1.85 bits per heavy atom. The summed E-state index contributed by atoms with van der Waals surface area (Å²) >= 11 is 6.58. The molecule has 0 atom stereocenters. The summed E-state index contributed by atoms with van der Waals surface area (Å²) in [5.74, 6) is 0.333. The van der Waals surface area contributed by atoms with E-state index in [4.69, 9.17) is 4.74 Å². The molecule has 0 heterocycles. The van der Waals surface area contributed by atoms with Crippen molar-refractivity contribution in [3.63, 3.8) is 0 Å². The van der Waals surface area contributed by atoms with Crippen molar-refractivity contribution in [2.75, 3.05) is 6.61 Å². The molecule has 0 spiro atoms. The maximum Gasteiger partial charge on any atom is 0.277 e. The summed E-state index contributed by atoms with van der Waals surface area (Å²) in [6, 6.07) is 10.9. The Morgan fingerprint density at radius 3 is 2.46 bits per heavy atom. The van der Waals surface area contributed by atoms with Crippen LogP contribution in [-0.4, -0.2) is 23.8 Å². The predicted molar refractivity (Wildman–Crippen MR) is 110 cm³/mol. The number of nitrogens with one attached hydrogen (secondary N) is 1. The van der Waals surface area contributed by atoms with E-state index in [-0.39, 0.29) is 23.7 Å². The fourth-order valence-electron chi connectivity index (χ4n) is 2.06. The Hall–Kier alpha value is -1.86. The number of hydrogen-bond donors (Lipinski definition) is 2. The number of amides is 1. The van der Waals surface area contributed by atoms with Crippen LogP contribution in [0.25, 0.3) is 0 Å². The lowest BCUT2D eigenvalue weighted by Crippen LogP contribution is -2.24. The molecule has 0 saturated heterocycles. The summed E-state index contributed by atoms with van der Waals surface area (Å²) < 4.78 is 6.75. The van der Waals surface area contributed by atoms with Crippen molar-refractivity contribution in [3.05, 3.63) is 56.5 Å². The topological polar surface area (TPSA) is 70.9 Å². The molecule has 5 nitrogen and oxygen atoms in total. The molecule has 2 aromatic carbocycles. The van der Waals surface area contributed by atoms with Gasteiger partial charge in [-0.3, -0.25) is 4.79 Å². The number of halogens is 2. The fraction of sp³-hybridized carbons (Fsp3) is 0.263. The summed E-state index contributed by atoms with van der Waals surface area (Å²) in [5.41, 5.74) is 4.29. The maximum atomic E-state index is 11.8. The Kier molecular flexibility index (Phi) is 6.83. The minimum absolute atomic E-state index is 0.0698. The van der Waals surface area contributed by atoms with Gasteiger partial charge in [-0.2, -0.15) is 5.10 Å². The van der Waals surface area contributed by atoms with Gasteiger partial charge < -0.3 is 9.84 Å². The van der Waals surface area contributed by atoms with Gasteiger partial charge in [-0.05, 0) is 51.2 Å². The number of nitrogens with zero attached hydrogens (tertiary/aromatic N) is 1. The van der Waals surface area contributed by atoms with Crippen molar-refractivity contribution in [3.8, 4) is 11.5 Å². The van der Waals surface area contributed by atoms with Crippen LogP contribution in [-0.2, 0) is 10.2 Å². The summed E-state index contributed by atoms with van der Waals surface area (Å²) in [6.45, 7) is 6.27. The zero-order valence-corrected chi connectivity index (χ0v) is 17.9. The Labute approximate surface area is 169 Å². The van der Waals surface area contributed by atoms with Gasteiger partial charge in [0.15, 0.2) is 6.61 Å². The quantitative estimate of drug-likeness (QED) is 0.476. The zero-order chi connectivity index (χ0) is 19.3. The molecule has 0 aliphatic carbocycles. The van der Waals surface area contributed by atoms with E-state index in [0.29, 0.717) is 15.8 Å².